The molecular weight excluding hydrogens is 463 g/mol. The Labute approximate surface area is 196 Å². The van der Waals surface area contributed by atoms with E-state index in [1.165, 1.54) is 35.6 Å². The molecule has 9 heteroatoms. The number of rotatable bonds is 8. The molecule has 1 fully saturated rings. The van der Waals surface area contributed by atoms with Crippen molar-refractivity contribution in [1.29, 1.82) is 0 Å². The summed E-state index contributed by atoms with van der Waals surface area (Å²) in [6.07, 6.45) is 1.30. The standard InChI is InChI=1S/C24H25FN2O4S2/c25-20-6-2-5-19(15-20)24(9-11-31-12-10-24)17-26-23(28)18-4-1-8-22(14-18)33(29,30)27-16-21-7-3-13-32-21/h1-8,13-15,27H,9-12,16-17H2,(H,26,28). The molecule has 6 nitrogen and oxygen atoms in total. The third-order valence-electron chi connectivity index (χ3n) is 5.90. The summed E-state index contributed by atoms with van der Waals surface area (Å²) < 4.78 is 47.3. The summed E-state index contributed by atoms with van der Waals surface area (Å²) in [7, 11) is -3.77. The molecule has 1 aliphatic rings. The molecule has 2 aromatic carbocycles. The molecule has 4 rings (SSSR count). The third kappa shape index (κ3) is 5.67. The maximum absolute atomic E-state index is 13.9. The third-order valence-corrected chi connectivity index (χ3v) is 8.17. The summed E-state index contributed by atoms with van der Waals surface area (Å²) in [5.74, 6) is -0.703. The minimum absolute atomic E-state index is 0.0256. The van der Waals surface area contributed by atoms with E-state index in [0.717, 1.165) is 10.4 Å². The average Bonchev–Trinajstić information content (AvgIpc) is 3.36. The SMILES string of the molecule is O=C(NCC1(c2cccc(F)c2)CCOCC1)c1cccc(S(=O)(=O)NCc2cccs2)c1. The molecule has 1 saturated heterocycles. The number of carbonyl (C=O) groups excluding carboxylic acids is 1. The molecule has 0 aliphatic carbocycles. The average molecular weight is 489 g/mol. The summed E-state index contributed by atoms with van der Waals surface area (Å²) in [5, 5.41) is 4.81. The monoisotopic (exact) mass is 488 g/mol. The van der Waals surface area contributed by atoms with Gasteiger partial charge in [0.1, 0.15) is 5.82 Å². The highest BCUT2D eigenvalue weighted by Crippen LogP contribution is 2.34. The zero-order valence-corrected chi connectivity index (χ0v) is 19.6. The number of sulfonamides is 1. The van der Waals surface area contributed by atoms with Crippen molar-refractivity contribution in [1.82, 2.24) is 10.0 Å². The van der Waals surface area contributed by atoms with Crippen LogP contribution in [-0.2, 0) is 26.7 Å². The molecule has 0 radical (unpaired) electrons. The Kier molecular flexibility index (Phi) is 7.23. The van der Waals surface area contributed by atoms with Crippen molar-refractivity contribution in [2.75, 3.05) is 19.8 Å². The van der Waals surface area contributed by atoms with Crippen molar-refractivity contribution < 1.29 is 22.3 Å². The largest absolute Gasteiger partial charge is 0.381 e. The van der Waals surface area contributed by atoms with Crippen LogP contribution in [0.15, 0.2) is 70.9 Å². The molecule has 0 saturated carbocycles. The van der Waals surface area contributed by atoms with Crippen molar-refractivity contribution in [3.63, 3.8) is 0 Å². The van der Waals surface area contributed by atoms with Crippen molar-refractivity contribution in [2.24, 2.45) is 0 Å². The van der Waals surface area contributed by atoms with Crippen LogP contribution < -0.4 is 10.0 Å². The lowest BCUT2D eigenvalue weighted by atomic mass is 9.74. The number of carbonyl (C=O) groups is 1. The van der Waals surface area contributed by atoms with Gasteiger partial charge in [0, 0.05) is 42.2 Å². The van der Waals surface area contributed by atoms with Crippen LogP contribution >= 0.6 is 11.3 Å². The predicted octanol–water partition coefficient (Wildman–Crippen LogP) is 3.84. The van der Waals surface area contributed by atoms with Gasteiger partial charge in [-0.25, -0.2) is 17.5 Å². The molecular formula is C24H25FN2O4S2. The van der Waals surface area contributed by atoms with E-state index < -0.39 is 15.4 Å². The van der Waals surface area contributed by atoms with E-state index in [9.17, 15) is 17.6 Å². The number of hydrogen-bond donors (Lipinski definition) is 2. The van der Waals surface area contributed by atoms with Crippen molar-refractivity contribution >= 4 is 27.3 Å². The highest BCUT2D eigenvalue weighted by Gasteiger charge is 2.35. The summed E-state index contributed by atoms with van der Waals surface area (Å²) in [6.45, 7) is 1.53. The van der Waals surface area contributed by atoms with Crippen molar-refractivity contribution in [3.8, 4) is 0 Å². The van der Waals surface area contributed by atoms with Crippen LogP contribution in [0.5, 0.6) is 0 Å². The topological polar surface area (TPSA) is 84.5 Å². The summed E-state index contributed by atoms with van der Waals surface area (Å²) in [6, 6.07) is 16.1. The number of nitrogens with one attached hydrogen (secondary N) is 2. The zero-order chi connectivity index (χ0) is 23.3. The van der Waals surface area contributed by atoms with Crippen LogP contribution in [0.4, 0.5) is 4.39 Å². The first-order chi connectivity index (χ1) is 15.9. The smallest absolute Gasteiger partial charge is 0.251 e. The molecule has 1 amide bonds. The Bertz CT molecular complexity index is 1210. The van der Waals surface area contributed by atoms with Crippen molar-refractivity contribution in [2.45, 2.75) is 29.7 Å². The quantitative estimate of drug-likeness (QED) is 0.505. The minimum Gasteiger partial charge on any atom is -0.381 e. The molecule has 174 valence electrons. The fourth-order valence-electron chi connectivity index (χ4n) is 3.97. The van der Waals surface area contributed by atoms with Gasteiger partial charge in [-0.05, 0) is 60.2 Å². The van der Waals surface area contributed by atoms with E-state index in [2.05, 4.69) is 10.0 Å². The Hall–Kier alpha value is -2.59. The second-order valence-corrected chi connectivity index (χ2v) is 10.8. The first-order valence-electron chi connectivity index (χ1n) is 10.6. The number of thiophene rings is 1. The van der Waals surface area contributed by atoms with Gasteiger partial charge in [-0.15, -0.1) is 11.3 Å². The molecule has 1 aromatic heterocycles. The van der Waals surface area contributed by atoms with Gasteiger partial charge in [0.25, 0.3) is 5.91 Å². The van der Waals surface area contributed by atoms with Crippen LogP contribution in [0.2, 0.25) is 0 Å². The van der Waals surface area contributed by atoms with E-state index in [0.29, 0.717) is 32.6 Å². The first-order valence-corrected chi connectivity index (χ1v) is 13.0. The summed E-state index contributed by atoms with van der Waals surface area (Å²) >= 11 is 1.46. The second-order valence-electron chi connectivity index (χ2n) is 8.02. The van der Waals surface area contributed by atoms with E-state index >= 15 is 0 Å². The predicted molar refractivity (Wildman–Crippen MR) is 125 cm³/mol. The van der Waals surface area contributed by atoms with Crippen LogP contribution in [0.25, 0.3) is 0 Å². The number of benzene rings is 2. The van der Waals surface area contributed by atoms with Gasteiger partial charge in [-0.2, -0.15) is 0 Å². The van der Waals surface area contributed by atoms with Gasteiger partial charge in [0.15, 0.2) is 0 Å². The second kappa shape index (κ2) is 10.1. The Morgan fingerprint density at radius 1 is 1.06 bits per heavy atom. The molecule has 0 spiro atoms. The van der Waals surface area contributed by atoms with Crippen LogP contribution in [0.3, 0.4) is 0 Å². The lowest BCUT2D eigenvalue weighted by molar-refractivity contribution is 0.0486. The van der Waals surface area contributed by atoms with Gasteiger partial charge >= 0.3 is 0 Å². The number of amides is 1. The van der Waals surface area contributed by atoms with Gasteiger partial charge in [-0.3, -0.25) is 4.79 Å². The Morgan fingerprint density at radius 3 is 2.58 bits per heavy atom. The normalized spacial score (nSPS) is 15.8. The maximum Gasteiger partial charge on any atom is 0.251 e. The fourth-order valence-corrected chi connectivity index (χ4v) is 5.75. The molecule has 3 aromatic rings. The lowest BCUT2D eigenvalue weighted by Crippen LogP contribution is -2.44. The fraction of sp³-hybridized carbons (Fsp3) is 0.292. The highest BCUT2D eigenvalue weighted by molar-refractivity contribution is 7.89. The number of ether oxygens (including phenoxy) is 1. The minimum atomic E-state index is -3.77. The van der Waals surface area contributed by atoms with E-state index in [1.807, 2.05) is 23.6 Å². The number of halogens is 1. The van der Waals surface area contributed by atoms with Gasteiger partial charge < -0.3 is 10.1 Å². The summed E-state index contributed by atoms with van der Waals surface area (Å²) in [4.78, 5) is 13.8. The first kappa shape index (κ1) is 23.6. The molecule has 0 unspecified atom stereocenters. The maximum atomic E-state index is 13.9. The Morgan fingerprint density at radius 2 is 1.85 bits per heavy atom. The zero-order valence-electron chi connectivity index (χ0n) is 17.9. The summed E-state index contributed by atoms with van der Waals surface area (Å²) in [5.41, 5.74) is 0.623. The highest BCUT2D eigenvalue weighted by atomic mass is 32.2. The van der Waals surface area contributed by atoms with E-state index in [4.69, 9.17) is 4.74 Å². The molecule has 2 heterocycles. The van der Waals surface area contributed by atoms with Crippen molar-refractivity contribution in [3.05, 3.63) is 87.9 Å². The van der Waals surface area contributed by atoms with Gasteiger partial charge in [0.05, 0.1) is 4.90 Å². The molecule has 0 bridgehead atoms. The Balaban J connectivity index is 1.48. The molecule has 1 aliphatic heterocycles. The van der Waals surface area contributed by atoms with Crippen LogP contribution in [-0.4, -0.2) is 34.1 Å². The van der Waals surface area contributed by atoms with E-state index in [1.54, 1.807) is 18.2 Å². The van der Waals surface area contributed by atoms with Gasteiger partial charge in [-0.1, -0.05) is 24.3 Å². The lowest BCUT2D eigenvalue weighted by Gasteiger charge is -2.38. The van der Waals surface area contributed by atoms with Crippen LogP contribution in [0.1, 0.15) is 33.6 Å². The molecule has 2 N–H and O–H groups in total. The van der Waals surface area contributed by atoms with E-state index in [-0.39, 0.29) is 28.7 Å². The van der Waals surface area contributed by atoms with Crippen LogP contribution in [0, 0.1) is 5.82 Å². The van der Waals surface area contributed by atoms with Gasteiger partial charge in [0.2, 0.25) is 10.0 Å². The number of hydrogen-bond acceptors (Lipinski definition) is 5. The molecule has 0 atom stereocenters. The molecule has 33 heavy (non-hydrogen) atoms.